The number of para-hydroxylation sites is 1. The molecule has 0 aliphatic carbocycles. The lowest BCUT2D eigenvalue weighted by atomic mass is 10.1. The summed E-state index contributed by atoms with van der Waals surface area (Å²) in [5.41, 5.74) is -1.14. The van der Waals surface area contributed by atoms with E-state index in [-0.39, 0.29) is 11.6 Å². The van der Waals surface area contributed by atoms with Crippen molar-refractivity contribution in [3.63, 3.8) is 0 Å². The number of urea groups is 1. The van der Waals surface area contributed by atoms with Crippen LogP contribution in [0.3, 0.4) is 0 Å². The Morgan fingerprint density at radius 2 is 2.09 bits per heavy atom. The molecule has 0 bridgehead atoms. The molecule has 0 saturated heterocycles. The predicted molar refractivity (Wildman–Crippen MR) is 79.9 cm³/mol. The third kappa shape index (κ3) is 5.01. The third-order valence-electron chi connectivity index (χ3n) is 3.17. The molecule has 0 aliphatic rings. The summed E-state index contributed by atoms with van der Waals surface area (Å²) in [4.78, 5) is 15.7. The van der Waals surface area contributed by atoms with Gasteiger partial charge in [0.25, 0.3) is 0 Å². The van der Waals surface area contributed by atoms with Crippen molar-refractivity contribution in [1.29, 1.82) is 0 Å². The van der Waals surface area contributed by atoms with Crippen molar-refractivity contribution in [3.8, 4) is 0 Å². The number of imidazole rings is 1. The minimum Gasteiger partial charge on any atom is -0.338 e. The molecule has 0 fully saturated rings. The average molecular weight is 326 g/mol. The number of carbonyl (C=O) groups excluding carboxylic acids is 1. The summed E-state index contributed by atoms with van der Waals surface area (Å²) in [6.07, 6.45) is 0.603. The van der Waals surface area contributed by atoms with Gasteiger partial charge in [-0.2, -0.15) is 13.2 Å². The third-order valence-corrected chi connectivity index (χ3v) is 3.17. The maximum absolute atomic E-state index is 12.8. The van der Waals surface area contributed by atoms with E-state index < -0.39 is 17.8 Å². The van der Waals surface area contributed by atoms with Crippen molar-refractivity contribution < 1.29 is 18.0 Å². The fraction of sp³-hybridized carbons (Fsp3) is 0.333. The van der Waals surface area contributed by atoms with E-state index in [1.54, 1.807) is 18.7 Å². The average Bonchev–Trinajstić information content (AvgIpc) is 2.97. The van der Waals surface area contributed by atoms with Crippen LogP contribution >= 0.6 is 0 Å². The van der Waals surface area contributed by atoms with E-state index in [0.717, 1.165) is 6.07 Å². The number of amides is 2. The molecule has 0 spiro atoms. The minimum atomic E-state index is -4.52. The second-order valence-corrected chi connectivity index (χ2v) is 5.24. The molecule has 124 valence electrons. The predicted octanol–water partition coefficient (Wildman–Crippen LogP) is 3.36. The highest BCUT2D eigenvalue weighted by molar-refractivity contribution is 5.90. The zero-order chi connectivity index (χ0) is 16.9. The van der Waals surface area contributed by atoms with E-state index in [1.807, 2.05) is 11.5 Å². The smallest absolute Gasteiger partial charge is 0.338 e. The number of nitrogens with zero attached hydrogens (tertiary/aromatic N) is 2. The van der Waals surface area contributed by atoms with E-state index in [2.05, 4.69) is 15.6 Å². The molecule has 2 N–H and O–H groups in total. The van der Waals surface area contributed by atoms with Crippen molar-refractivity contribution in [1.82, 2.24) is 14.9 Å². The molecule has 0 radical (unpaired) electrons. The number of carbonyl (C=O) groups is 1. The Kier molecular flexibility index (Phi) is 5.25. The summed E-state index contributed by atoms with van der Waals surface area (Å²) in [6, 6.07) is 4.19. The number of hydrogen-bond acceptors (Lipinski definition) is 2. The van der Waals surface area contributed by atoms with E-state index in [0.29, 0.717) is 13.1 Å². The first-order chi connectivity index (χ1) is 10.9. The van der Waals surface area contributed by atoms with Crippen LogP contribution in [0.15, 0.2) is 43.0 Å². The highest BCUT2D eigenvalue weighted by Gasteiger charge is 2.33. The lowest BCUT2D eigenvalue weighted by Gasteiger charge is -2.16. The topological polar surface area (TPSA) is 59.0 Å². The summed E-state index contributed by atoms with van der Waals surface area (Å²) in [6.45, 7) is 2.90. The van der Waals surface area contributed by atoms with Gasteiger partial charge in [-0.3, -0.25) is 0 Å². The molecule has 2 rings (SSSR count). The summed E-state index contributed by atoms with van der Waals surface area (Å²) in [5, 5.41) is 4.81. The van der Waals surface area contributed by atoms with Crippen molar-refractivity contribution in [2.75, 3.05) is 11.9 Å². The second-order valence-electron chi connectivity index (χ2n) is 5.24. The second kappa shape index (κ2) is 7.17. The van der Waals surface area contributed by atoms with Crippen LogP contribution in [0.2, 0.25) is 0 Å². The van der Waals surface area contributed by atoms with Gasteiger partial charge in [0.2, 0.25) is 0 Å². The molecular formula is C15H17F3N4O. The van der Waals surface area contributed by atoms with Gasteiger partial charge < -0.3 is 15.2 Å². The monoisotopic (exact) mass is 326 g/mol. The standard InChI is InChI=1S/C15H17F3N4O/c1-11(9-22-7-6-19-10-22)8-20-14(23)21-13-5-3-2-4-12(13)15(16,17)18/h2-7,10-11H,8-9H2,1H3,(H2,20,21,23)/t11-/m1/s1. The van der Waals surface area contributed by atoms with Gasteiger partial charge in [-0.25, -0.2) is 9.78 Å². The molecule has 2 amide bonds. The summed E-state index contributed by atoms with van der Waals surface area (Å²) in [5.74, 6) is 0.104. The first kappa shape index (κ1) is 16.9. The number of alkyl halides is 3. The quantitative estimate of drug-likeness (QED) is 0.885. The molecule has 1 aromatic heterocycles. The maximum Gasteiger partial charge on any atom is 0.418 e. The molecule has 0 saturated carbocycles. The van der Waals surface area contributed by atoms with Crippen LogP contribution < -0.4 is 10.6 Å². The Morgan fingerprint density at radius 3 is 2.74 bits per heavy atom. The molecule has 1 heterocycles. The summed E-state index contributed by atoms with van der Waals surface area (Å²) in [7, 11) is 0. The number of rotatable bonds is 5. The SMILES string of the molecule is C[C@H](CNC(=O)Nc1ccccc1C(F)(F)F)Cn1ccnc1. The van der Waals surface area contributed by atoms with E-state index in [9.17, 15) is 18.0 Å². The van der Waals surface area contributed by atoms with Gasteiger partial charge in [-0.15, -0.1) is 0 Å². The van der Waals surface area contributed by atoms with Gasteiger partial charge in [0.15, 0.2) is 0 Å². The fourth-order valence-electron chi connectivity index (χ4n) is 2.09. The van der Waals surface area contributed by atoms with Gasteiger partial charge >= 0.3 is 12.2 Å². The van der Waals surface area contributed by atoms with Crippen LogP contribution in [0.1, 0.15) is 12.5 Å². The van der Waals surface area contributed by atoms with Crippen LogP contribution in [0.5, 0.6) is 0 Å². The number of aromatic nitrogens is 2. The number of anilines is 1. The molecule has 1 aromatic carbocycles. The normalized spacial score (nSPS) is 12.7. The van der Waals surface area contributed by atoms with Crippen LogP contribution in [0, 0.1) is 5.92 Å². The van der Waals surface area contributed by atoms with E-state index in [1.165, 1.54) is 18.2 Å². The zero-order valence-corrected chi connectivity index (χ0v) is 12.5. The molecule has 0 aliphatic heterocycles. The lowest BCUT2D eigenvalue weighted by molar-refractivity contribution is -0.136. The van der Waals surface area contributed by atoms with Gasteiger partial charge in [-0.05, 0) is 18.1 Å². The Morgan fingerprint density at radius 1 is 1.35 bits per heavy atom. The minimum absolute atomic E-state index is 0.104. The molecule has 8 heteroatoms. The maximum atomic E-state index is 12.8. The van der Waals surface area contributed by atoms with Gasteiger partial charge in [0.1, 0.15) is 0 Å². The van der Waals surface area contributed by atoms with Crippen molar-refractivity contribution in [2.45, 2.75) is 19.6 Å². The van der Waals surface area contributed by atoms with Gasteiger partial charge in [-0.1, -0.05) is 19.1 Å². The molecule has 1 atom stereocenters. The Balaban J connectivity index is 1.88. The van der Waals surface area contributed by atoms with E-state index in [4.69, 9.17) is 0 Å². The van der Waals surface area contributed by atoms with Crippen LogP contribution in [-0.2, 0) is 12.7 Å². The molecule has 23 heavy (non-hydrogen) atoms. The number of hydrogen-bond donors (Lipinski definition) is 2. The van der Waals surface area contributed by atoms with Crippen LogP contribution in [-0.4, -0.2) is 22.1 Å². The molecule has 5 nitrogen and oxygen atoms in total. The van der Waals surface area contributed by atoms with Gasteiger partial charge in [0.05, 0.1) is 17.6 Å². The summed E-state index contributed by atoms with van der Waals surface area (Å²) < 4.78 is 40.4. The zero-order valence-electron chi connectivity index (χ0n) is 12.5. The largest absolute Gasteiger partial charge is 0.418 e. The molecular weight excluding hydrogens is 309 g/mol. The van der Waals surface area contributed by atoms with Crippen LogP contribution in [0.4, 0.5) is 23.7 Å². The first-order valence-corrected chi connectivity index (χ1v) is 7.03. The number of nitrogens with one attached hydrogen (secondary N) is 2. The number of benzene rings is 1. The highest BCUT2D eigenvalue weighted by atomic mass is 19.4. The Hall–Kier alpha value is -2.51. The van der Waals surface area contributed by atoms with Crippen molar-refractivity contribution in [3.05, 3.63) is 48.5 Å². The van der Waals surface area contributed by atoms with E-state index >= 15 is 0 Å². The Bertz CT molecular complexity index is 640. The van der Waals surface area contributed by atoms with Crippen LogP contribution in [0.25, 0.3) is 0 Å². The number of halogens is 3. The van der Waals surface area contributed by atoms with Gasteiger partial charge in [0, 0.05) is 25.5 Å². The Labute approximate surface area is 131 Å². The first-order valence-electron chi connectivity index (χ1n) is 7.03. The molecule has 2 aromatic rings. The highest BCUT2D eigenvalue weighted by Crippen LogP contribution is 2.34. The van der Waals surface area contributed by atoms with Crippen molar-refractivity contribution >= 4 is 11.7 Å². The molecule has 0 unspecified atom stereocenters. The lowest BCUT2D eigenvalue weighted by Crippen LogP contribution is -2.34. The fourth-order valence-corrected chi connectivity index (χ4v) is 2.09. The summed E-state index contributed by atoms with van der Waals surface area (Å²) >= 11 is 0. The van der Waals surface area contributed by atoms with Crippen molar-refractivity contribution in [2.24, 2.45) is 5.92 Å².